The molecule has 1 aromatic heterocycles. The molecule has 1 heterocycles. The maximum Gasteiger partial charge on any atom is 0.252 e. The smallest absolute Gasteiger partial charge is 0.252 e. The quantitative estimate of drug-likeness (QED) is 0.354. The molecule has 6 nitrogen and oxygen atoms in total. The standard InChI is InChI=1S/C24H18Cl2N4O2S/c25-18-12-17(13-19(26)14-18)21(31)27-20(11-15-7-3-1-4-8-15)22(32)28-24-30-29-23(33-24)16-9-5-2-6-10-16/h1-10,12-14,20H,11H2,(H,27,31)(H,28,30,32). The van der Waals surface area contributed by atoms with Crippen LogP contribution >= 0.6 is 34.5 Å². The number of benzene rings is 3. The summed E-state index contributed by atoms with van der Waals surface area (Å²) in [5.41, 5.74) is 2.06. The Bertz CT molecular complexity index is 1250. The summed E-state index contributed by atoms with van der Waals surface area (Å²) in [6.45, 7) is 0. The summed E-state index contributed by atoms with van der Waals surface area (Å²) in [6, 6.07) is 22.6. The van der Waals surface area contributed by atoms with Gasteiger partial charge < -0.3 is 5.32 Å². The number of aromatic nitrogens is 2. The van der Waals surface area contributed by atoms with E-state index in [4.69, 9.17) is 23.2 Å². The minimum atomic E-state index is -0.860. The Hall–Kier alpha value is -3.26. The van der Waals surface area contributed by atoms with E-state index < -0.39 is 17.9 Å². The molecule has 2 amide bonds. The summed E-state index contributed by atoms with van der Waals surface area (Å²) in [6.07, 6.45) is 0.289. The predicted octanol–water partition coefficient (Wildman–Crippen LogP) is 5.49. The Labute approximate surface area is 204 Å². The number of hydrogen-bond acceptors (Lipinski definition) is 5. The highest BCUT2D eigenvalue weighted by atomic mass is 35.5. The molecule has 0 spiro atoms. The van der Waals surface area contributed by atoms with Crippen molar-refractivity contribution in [3.8, 4) is 10.6 Å². The number of amides is 2. The SMILES string of the molecule is O=C(NC(Cc1ccccc1)C(=O)Nc1nnc(-c2ccccc2)s1)c1cc(Cl)cc(Cl)c1. The van der Waals surface area contributed by atoms with Crippen molar-refractivity contribution in [2.24, 2.45) is 0 Å². The molecule has 33 heavy (non-hydrogen) atoms. The number of hydrogen-bond donors (Lipinski definition) is 2. The highest BCUT2D eigenvalue weighted by Crippen LogP contribution is 2.26. The van der Waals surface area contributed by atoms with Crippen LogP contribution in [0.4, 0.5) is 5.13 Å². The highest BCUT2D eigenvalue weighted by Gasteiger charge is 2.24. The first kappa shape index (κ1) is 22.9. The summed E-state index contributed by atoms with van der Waals surface area (Å²) in [5, 5.41) is 15.5. The number of rotatable bonds is 7. The fraction of sp³-hybridized carbons (Fsp3) is 0.0833. The molecule has 0 fully saturated rings. The Morgan fingerprint density at radius 1 is 0.879 bits per heavy atom. The van der Waals surface area contributed by atoms with Gasteiger partial charge in [0.05, 0.1) is 0 Å². The van der Waals surface area contributed by atoms with E-state index in [1.807, 2.05) is 60.7 Å². The van der Waals surface area contributed by atoms with Crippen LogP contribution in [0.3, 0.4) is 0 Å². The van der Waals surface area contributed by atoms with Gasteiger partial charge in [-0.1, -0.05) is 95.2 Å². The minimum Gasteiger partial charge on any atom is -0.340 e. The van der Waals surface area contributed by atoms with E-state index in [9.17, 15) is 9.59 Å². The maximum absolute atomic E-state index is 13.1. The summed E-state index contributed by atoms with van der Waals surface area (Å²) < 4.78 is 0. The van der Waals surface area contributed by atoms with Crippen molar-refractivity contribution in [2.45, 2.75) is 12.5 Å². The Morgan fingerprint density at radius 2 is 1.52 bits per heavy atom. The first-order valence-corrected chi connectivity index (χ1v) is 11.6. The molecule has 9 heteroatoms. The lowest BCUT2D eigenvalue weighted by atomic mass is 10.0. The highest BCUT2D eigenvalue weighted by molar-refractivity contribution is 7.18. The van der Waals surface area contributed by atoms with E-state index in [2.05, 4.69) is 20.8 Å². The molecular weight excluding hydrogens is 479 g/mol. The topological polar surface area (TPSA) is 84.0 Å². The Morgan fingerprint density at radius 3 is 2.18 bits per heavy atom. The summed E-state index contributed by atoms with van der Waals surface area (Å²) in [4.78, 5) is 26.0. The lowest BCUT2D eigenvalue weighted by Gasteiger charge is -2.18. The lowest BCUT2D eigenvalue weighted by molar-refractivity contribution is -0.118. The van der Waals surface area contributed by atoms with Gasteiger partial charge in [0.15, 0.2) is 0 Å². The van der Waals surface area contributed by atoms with E-state index in [0.29, 0.717) is 20.2 Å². The van der Waals surface area contributed by atoms with Crippen LogP contribution in [-0.4, -0.2) is 28.1 Å². The summed E-state index contributed by atoms with van der Waals surface area (Å²) >= 11 is 13.3. The average Bonchev–Trinajstić information content (AvgIpc) is 3.27. The molecule has 0 aliphatic rings. The Kier molecular flexibility index (Phi) is 7.34. The monoisotopic (exact) mass is 496 g/mol. The molecule has 1 unspecified atom stereocenters. The number of halogens is 2. The van der Waals surface area contributed by atoms with Gasteiger partial charge in [-0.15, -0.1) is 10.2 Å². The van der Waals surface area contributed by atoms with E-state index in [1.54, 1.807) is 0 Å². The molecular formula is C24H18Cl2N4O2S. The van der Waals surface area contributed by atoms with Gasteiger partial charge in [-0.25, -0.2) is 0 Å². The van der Waals surface area contributed by atoms with Crippen molar-refractivity contribution in [3.63, 3.8) is 0 Å². The Balaban J connectivity index is 1.53. The van der Waals surface area contributed by atoms with Crippen molar-refractivity contribution in [1.29, 1.82) is 0 Å². The second kappa shape index (κ2) is 10.6. The molecule has 0 saturated carbocycles. The zero-order chi connectivity index (χ0) is 23.2. The van der Waals surface area contributed by atoms with Crippen LogP contribution in [0.1, 0.15) is 15.9 Å². The third-order valence-corrected chi connectivity index (χ3v) is 6.03. The molecule has 4 rings (SSSR count). The van der Waals surface area contributed by atoms with Crippen LogP contribution in [0.5, 0.6) is 0 Å². The van der Waals surface area contributed by atoms with Crippen LogP contribution in [0.2, 0.25) is 10.0 Å². The van der Waals surface area contributed by atoms with Gasteiger partial charge in [0.2, 0.25) is 11.0 Å². The molecule has 0 radical (unpaired) electrons. The van der Waals surface area contributed by atoms with Crippen molar-refractivity contribution in [3.05, 3.63) is 100 Å². The second-order valence-electron chi connectivity index (χ2n) is 7.14. The van der Waals surface area contributed by atoms with E-state index >= 15 is 0 Å². The van der Waals surface area contributed by atoms with Gasteiger partial charge in [0, 0.05) is 27.6 Å². The molecule has 0 aliphatic carbocycles. The lowest BCUT2D eigenvalue weighted by Crippen LogP contribution is -2.45. The molecule has 3 aromatic carbocycles. The van der Waals surface area contributed by atoms with Gasteiger partial charge in [0.1, 0.15) is 11.0 Å². The third-order valence-electron chi connectivity index (χ3n) is 4.71. The van der Waals surface area contributed by atoms with Crippen LogP contribution in [0.25, 0.3) is 10.6 Å². The summed E-state index contributed by atoms with van der Waals surface area (Å²) in [5.74, 6) is -0.867. The minimum absolute atomic E-state index is 0.264. The maximum atomic E-state index is 13.1. The number of anilines is 1. The molecule has 4 aromatic rings. The van der Waals surface area contributed by atoms with E-state index in [-0.39, 0.29) is 12.0 Å². The first-order chi connectivity index (χ1) is 16.0. The molecule has 0 aliphatic heterocycles. The van der Waals surface area contributed by atoms with E-state index in [0.717, 1.165) is 11.1 Å². The van der Waals surface area contributed by atoms with Gasteiger partial charge in [0.25, 0.3) is 5.91 Å². The molecule has 0 saturated heterocycles. The van der Waals surface area contributed by atoms with Gasteiger partial charge in [-0.05, 0) is 23.8 Å². The first-order valence-electron chi connectivity index (χ1n) is 9.98. The molecule has 1 atom stereocenters. The van der Waals surface area contributed by atoms with E-state index in [1.165, 1.54) is 29.5 Å². The van der Waals surface area contributed by atoms with Crippen molar-refractivity contribution in [2.75, 3.05) is 5.32 Å². The number of nitrogens with zero attached hydrogens (tertiary/aromatic N) is 2. The van der Waals surface area contributed by atoms with Crippen molar-refractivity contribution >= 4 is 51.5 Å². The van der Waals surface area contributed by atoms with Crippen molar-refractivity contribution < 1.29 is 9.59 Å². The number of carbonyl (C=O) groups is 2. The largest absolute Gasteiger partial charge is 0.340 e. The van der Waals surface area contributed by atoms with Gasteiger partial charge in [-0.2, -0.15) is 0 Å². The zero-order valence-electron chi connectivity index (χ0n) is 17.2. The van der Waals surface area contributed by atoms with Crippen molar-refractivity contribution in [1.82, 2.24) is 15.5 Å². The summed E-state index contributed by atoms with van der Waals surface area (Å²) in [7, 11) is 0. The number of carbonyl (C=O) groups excluding carboxylic acids is 2. The predicted molar refractivity (Wildman–Crippen MR) is 132 cm³/mol. The zero-order valence-corrected chi connectivity index (χ0v) is 19.5. The van der Waals surface area contributed by atoms with Crippen LogP contribution in [0, 0.1) is 0 Å². The molecule has 2 N–H and O–H groups in total. The third kappa shape index (κ3) is 6.16. The van der Waals surface area contributed by atoms with Crippen LogP contribution in [0.15, 0.2) is 78.9 Å². The number of nitrogens with one attached hydrogen (secondary N) is 2. The van der Waals surface area contributed by atoms with Crippen LogP contribution < -0.4 is 10.6 Å². The average molecular weight is 497 g/mol. The van der Waals surface area contributed by atoms with Gasteiger partial charge >= 0.3 is 0 Å². The van der Waals surface area contributed by atoms with Crippen LogP contribution in [-0.2, 0) is 11.2 Å². The normalized spacial score (nSPS) is 11.6. The molecule has 166 valence electrons. The fourth-order valence-electron chi connectivity index (χ4n) is 3.15. The molecule has 0 bridgehead atoms. The second-order valence-corrected chi connectivity index (χ2v) is 8.99. The fourth-order valence-corrected chi connectivity index (χ4v) is 4.43. The van der Waals surface area contributed by atoms with Gasteiger partial charge in [-0.3, -0.25) is 14.9 Å².